The van der Waals surface area contributed by atoms with Gasteiger partial charge in [-0.25, -0.2) is 4.79 Å². The van der Waals surface area contributed by atoms with Gasteiger partial charge in [-0.2, -0.15) is 0 Å². The molecule has 0 fully saturated rings. The summed E-state index contributed by atoms with van der Waals surface area (Å²) in [5.41, 5.74) is 3.00. The quantitative estimate of drug-likeness (QED) is 0.367. The lowest BCUT2D eigenvalue weighted by Gasteiger charge is -2.14. The monoisotopic (exact) mass is 360 g/mol. The second kappa shape index (κ2) is 11.0. The molecule has 0 amide bonds. The van der Waals surface area contributed by atoms with Crippen molar-refractivity contribution in [3.63, 3.8) is 0 Å². The van der Waals surface area contributed by atoms with Crippen molar-refractivity contribution in [1.82, 2.24) is 0 Å². The number of benzene rings is 1. The molecule has 1 rings (SSSR count). The number of methoxy groups -OCH3 is 2. The summed E-state index contributed by atoms with van der Waals surface area (Å²) >= 11 is 0. The molecule has 26 heavy (non-hydrogen) atoms. The van der Waals surface area contributed by atoms with Crippen LogP contribution in [0.1, 0.15) is 33.3 Å². The summed E-state index contributed by atoms with van der Waals surface area (Å²) in [6.07, 6.45) is 6.83. The zero-order valence-electron chi connectivity index (χ0n) is 16.4. The van der Waals surface area contributed by atoms with Gasteiger partial charge >= 0.3 is 5.97 Å². The van der Waals surface area contributed by atoms with Crippen molar-refractivity contribution >= 4 is 12.0 Å². The number of hydrogen-bond donors (Lipinski definition) is 0. The predicted octanol–water partition coefficient (Wildman–Crippen LogP) is 4.57. The van der Waals surface area contributed by atoms with Crippen LogP contribution in [0.5, 0.6) is 17.2 Å². The predicted molar refractivity (Wildman–Crippen MR) is 104 cm³/mol. The zero-order chi connectivity index (χ0) is 19.5. The SMILES string of the molecule is COc1cc(/C=C/C(=O)OCC=C(C)C)cc(OC)c1OCC=C(C)C. The molecule has 0 spiro atoms. The van der Waals surface area contributed by atoms with E-state index in [4.69, 9.17) is 18.9 Å². The molecular formula is C21H28O5. The Morgan fingerprint density at radius 1 is 0.923 bits per heavy atom. The van der Waals surface area contributed by atoms with Crippen LogP contribution in [0.25, 0.3) is 6.08 Å². The van der Waals surface area contributed by atoms with Gasteiger partial charge in [0.25, 0.3) is 0 Å². The van der Waals surface area contributed by atoms with Gasteiger partial charge in [-0.3, -0.25) is 0 Å². The number of rotatable bonds is 9. The number of carbonyl (C=O) groups is 1. The average Bonchev–Trinajstić information content (AvgIpc) is 2.59. The second-order valence-corrected chi connectivity index (χ2v) is 6.09. The maximum absolute atomic E-state index is 11.7. The molecular weight excluding hydrogens is 332 g/mol. The highest BCUT2D eigenvalue weighted by atomic mass is 16.5. The Bertz CT molecular complexity index is 665. The summed E-state index contributed by atoms with van der Waals surface area (Å²) in [7, 11) is 3.12. The van der Waals surface area contributed by atoms with Gasteiger partial charge in [0, 0.05) is 6.08 Å². The maximum Gasteiger partial charge on any atom is 0.331 e. The van der Waals surface area contributed by atoms with E-state index in [0.717, 1.165) is 16.7 Å². The Morgan fingerprint density at radius 3 is 1.96 bits per heavy atom. The van der Waals surface area contributed by atoms with E-state index in [2.05, 4.69) is 0 Å². The molecule has 0 bridgehead atoms. The molecule has 0 saturated heterocycles. The topological polar surface area (TPSA) is 54.0 Å². The Labute approximate surface area is 155 Å². The lowest BCUT2D eigenvalue weighted by atomic mass is 10.1. The molecule has 1 aromatic rings. The first kappa shape index (κ1) is 21.4. The van der Waals surface area contributed by atoms with Gasteiger partial charge in [0.1, 0.15) is 13.2 Å². The number of esters is 1. The molecule has 0 heterocycles. The fourth-order valence-corrected chi connectivity index (χ4v) is 1.93. The van der Waals surface area contributed by atoms with E-state index in [-0.39, 0.29) is 6.61 Å². The van der Waals surface area contributed by atoms with Gasteiger partial charge in [0.2, 0.25) is 5.75 Å². The molecule has 0 radical (unpaired) electrons. The van der Waals surface area contributed by atoms with Gasteiger partial charge in [-0.1, -0.05) is 11.1 Å². The zero-order valence-corrected chi connectivity index (χ0v) is 16.4. The molecule has 142 valence electrons. The highest BCUT2D eigenvalue weighted by Gasteiger charge is 2.13. The van der Waals surface area contributed by atoms with Gasteiger partial charge in [-0.05, 0) is 63.6 Å². The Morgan fingerprint density at radius 2 is 1.46 bits per heavy atom. The van der Waals surface area contributed by atoms with Crippen molar-refractivity contribution in [3.8, 4) is 17.2 Å². The molecule has 0 atom stereocenters. The summed E-state index contributed by atoms with van der Waals surface area (Å²) in [6.45, 7) is 8.58. The van der Waals surface area contributed by atoms with Crippen LogP contribution < -0.4 is 14.2 Å². The van der Waals surface area contributed by atoms with Crippen molar-refractivity contribution in [3.05, 3.63) is 47.1 Å². The summed E-state index contributed by atoms with van der Waals surface area (Å²) in [6, 6.07) is 3.56. The first-order chi connectivity index (χ1) is 12.4. The number of allylic oxidation sites excluding steroid dienone is 2. The van der Waals surface area contributed by atoms with E-state index in [9.17, 15) is 4.79 Å². The molecule has 0 saturated carbocycles. The molecule has 0 aliphatic rings. The molecule has 0 aromatic heterocycles. The fourth-order valence-electron chi connectivity index (χ4n) is 1.93. The average molecular weight is 360 g/mol. The van der Waals surface area contributed by atoms with Gasteiger partial charge in [0.05, 0.1) is 14.2 Å². The molecule has 0 aliphatic carbocycles. The first-order valence-corrected chi connectivity index (χ1v) is 8.37. The van der Waals surface area contributed by atoms with E-state index >= 15 is 0 Å². The largest absolute Gasteiger partial charge is 0.493 e. The molecule has 0 N–H and O–H groups in total. The van der Waals surface area contributed by atoms with E-state index in [1.807, 2.05) is 39.8 Å². The van der Waals surface area contributed by atoms with Crippen molar-refractivity contribution in [2.24, 2.45) is 0 Å². The second-order valence-electron chi connectivity index (χ2n) is 6.09. The van der Waals surface area contributed by atoms with Gasteiger partial charge in [0.15, 0.2) is 11.5 Å². The third-order valence-corrected chi connectivity index (χ3v) is 3.33. The maximum atomic E-state index is 11.7. The van der Waals surface area contributed by atoms with Crippen molar-refractivity contribution in [2.75, 3.05) is 27.4 Å². The summed E-state index contributed by atoms with van der Waals surface area (Å²) < 4.78 is 21.7. The molecule has 5 nitrogen and oxygen atoms in total. The highest BCUT2D eigenvalue weighted by Crippen LogP contribution is 2.39. The van der Waals surface area contributed by atoms with Crippen LogP contribution in [0.4, 0.5) is 0 Å². The smallest absolute Gasteiger partial charge is 0.331 e. The van der Waals surface area contributed by atoms with Crippen LogP contribution in [0.3, 0.4) is 0 Å². The Kier molecular flexibility index (Phi) is 9.06. The summed E-state index contributed by atoms with van der Waals surface area (Å²) in [5, 5.41) is 0. The molecule has 0 unspecified atom stereocenters. The summed E-state index contributed by atoms with van der Waals surface area (Å²) in [4.78, 5) is 11.7. The number of ether oxygens (including phenoxy) is 4. The molecule has 0 aliphatic heterocycles. The first-order valence-electron chi connectivity index (χ1n) is 8.37. The normalized spacial score (nSPS) is 10.2. The van der Waals surface area contributed by atoms with Crippen molar-refractivity contribution in [1.29, 1.82) is 0 Å². The van der Waals surface area contributed by atoms with E-state index < -0.39 is 5.97 Å². The Balaban J connectivity index is 2.93. The Hall–Kier alpha value is -2.69. The van der Waals surface area contributed by atoms with E-state index in [1.165, 1.54) is 6.08 Å². The number of carbonyl (C=O) groups excluding carboxylic acids is 1. The van der Waals surface area contributed by atoms with Gasteiger partial charge in [-0.15, -0.1) is 0 Å². The third-order valence-electron chi connectivity index (χ3n) is 3.33. The minimum absolute atomic E-state index is 0.259. The lowest BCUT2D eigenvalue weighted by Crippen LogP contribution is -2.01. The minimum atomic E-state index is -0.413. The van der Waals surface area contributed by atoms with Crippen molar-refractivity contribution < 1.29 is 23.7 Å². The molecule has 5 heteroatoms. The minimum Gasteiger partial charge on any atom is -0.493 e. The summed E-state index contributed by atoms with van der Waals surface area (Å²) in [5.74, 6) is 1.17. The van der Waals surface area contributed by atoms with Crippen LogP contribution in [-0.2, 0) is 9.53 Å². The van der Waals surface area contributed by atoms with E-state index in [1.54, 1.807) is 32.4 Å². The van der Waals surface area contributed by atoms with Gasteiger partial charge < -0.3 is 18.9 Å². The lowest BCUT2D eigenvalue weighted by molar-refractivity contribution is -0.136. The third kappa shape index (κ3) is 7.47. The van der Waals surface area contributed by atoms with Crippen LogP contribution in [0.15, 0.2) is 41.5 Å². The number of hydrogen-bond acceptors (Lipinski definition) is 5. The highest BCUT2D eigenvalue weighted by molar-refractivity contribution is 5.87. The fraction of sp³-hybridized carbons (Fsp3) is 0.381. The van der Waals surface area contributed by atoms with Crippen LogP contribution in [-0.4, -0.2) is 33.4 Å². The van der Waals surface area contributed by atoms with Crippen LogP contribution in [0, 0.1) is 0 Å². The van der Waals surface area contributed by atoms with Crippen LogP contribution in [0.2, 0.25) is 0 Å². The standard InChI is InChI=1S/C21H28O5/c1-15(2)9-11-25-20(22)8-7-17-13-18(23-5)21(19(14-17)24-6)26-12-10-16(3)4/h7-10,13-14H,11-12H2,1-6H3/b8-7+. The molecule has 1 aromatic carbocycles. The van der Waals surface area contributed by atoms with E-state index in [0.29, 0.717) is 23.9 Å². The van der Waals surface area contributed by atoms with Crippen LogP contribution >= 0.6 is 0 Å². The van der Waals surface area contributed by atoms with Crippen molar-refractivity contribution in [2.45, 2.75) is 27.7 Å².